The van der Waals surface area contributed by atoms with Gasteiger partial charge in [0, 0.05) is 27.7 Å². The number of carbonyl (C=O) groups excluding carboxylic acids is 2. The fourth-order valence-corrected chi connectivity index (χ4v) is 4.50. The summed E-state index contributed by atoms with van der Waals surface area (Å²) in [4.78, 5) is 25.6. The van der Waals surface area contributed by atoms with E-state index in [9.17, 15) is 19.8 Å². The molecule has 0 aliphatic carbocycles. The lowest BCUT2D eigenvalue weighted by Crippen LogP contribution is -2.33. The molecule has 1 atom stereocenters. The molecule has 0 spiro atoms. The van der Waals surface area contributed by atoms with Crippen LogP contribution in [0.3, 0.4) is 0 Å². The Morgan fingerprint density at radius 1 is 0.972 bits per heavy atom. The van der Waals surface area contributed by atoms with Crippen molar-refractivity contribution in [2.75, 3.05) is 13.2 Å². The summed E-state index contributed by atoms with van der Waals surface area (Å²) >= 11 is 0. The fraction of sp³-hybridized carbons (Fsp3) is 0.214. The number of aromatic nitrogens is 1. The zero-order chi connectivity index (χ0) is 25.4. The number of Topliss-reactive ketones (excluding diaryl/α,β-unsaturated/α-hetero) is 1. The van der Waals surface area contributed by atoms with Crippen LogP contribution in [-0.4, -0.2) is 45.9 Å². The summed E-state index contributed by atoms with van der Waals surface area (Å²) in [5.41, 5.74) is 1.81. The Morgan fingerprint density at radius 3 is 2.44 bits per heavy atom. The summed E-state index contributed by atoms with van der Waals surface area (Å²) < 4.78 is 19.0. The maximum absolute atomic E-state index is 12.9. The second kappa shape index (κ2) is 9.30. The average molecular weight is 488 g/mol. The number of hydrogen-bond donors (Lipinski definition) is 2. The van der Waals surface area contributed by atoms with Gasteiger partial charge < -0.3 is 29.0 Å². The zero-order valence-corrected chi connectivity index (χ0v) is 19.9. The lowest BCUT2D eigenvalue weighted by molar-refractivity contribution is 0.0471. The van der Waals surface area contributed by atoms with Crippen molar-refractivity contribution in [1.82, 2.24) is 4.57 Å². The number of hydrogen-bond acceptors (Lipinski definition) is 7. The predicted octanol–water partition coefficient (Wildman–Crippen LogP) is 4.55. The Kier molecular flexibility index (Phi) is 6.01. The van der Waals surface area contributed by atoms with Gasteiger partial charge in [-0.15, -0.1) is 0 Å². The molecular formula is C28H25NO7. The average Bonchev–Trinajstić information content (AvgIpc) is 3.17. The highest BCUT2D eigenvalue weighted by Gasteiger charge is 2.25. The molecule has 8 nitrogen and oxygen atoms in total. The van der Waals surface area contributed by atoms with Gasteiger partial charge in [0.1, 0.15) is 23.7 Å². The van der Waals surface area contributed by atoms with Gasteiger partial charge in [-0.05, 0) is 38.1 Å². The summed E-state index contributed by atoms with van der Waals surface area (Å²) in [5.74, 6) is -0.363. The van der Waals surface area contributed by atoms with Crippen LogP contribution in [0, 0.1) is 13.8 Å². The SMILES string of the molecule is Cc1cc(C(=O)COC(=O)c2cc(O)c3ccccc3c2O)c(C)n1CC1COc2ccccc2O1. The maximum atomic E-state index is 12.9. The molecule has 36 heavy (non-hydrogen) atoms. The van der Waals surface area contributed by atoms with Crippen molar-refractivity contribution in [3.8, 4) is 23.0 Å². The van der Waals surface area contributed by atoms with E-state index in [0.29, 0.717) is 41.0 Å². The van der Waals surface area contributed by atoms with Crippen LogP contribution in [0.5, 0.6) is 23.0 Å². The van der Waals surface area contributed by atoms with Crippen LogP contribution in [-0.2, 0) is 11.3 Å². The minimum atomic E-state index is -0.901. The Labute approximate surface area is 207 Å². The molecule has 3 aromatic carbocycles. The lowest BCUT2D eigenvalue weighted by atomic mass is 10.0. The Bertz CT molecular complexity index is 1490. The first kappa shape index (κ1) is 23.3. The number of ketones is 1. The number of phenolic OH excluding ortho intramolecular Hbond substituents is 2. The first-order valence-corrected chi connectivity index (χ1v) is 11.5. The van der Waals surface area contributed by atoms with E-state index >= 15 is 0 Å². The number of para-hydroxylation sites is 2. The highest BCUT2D eigenvalue weighted by molar-refractivity contribution is 6.05. The molecule has 0 radical (unpaired) electrons. The van der Waals surface area contributed by atoms with Crippen molar-refractivity contribution < 1.29 is 34.0 Å². The standard InChI is InChI=1S/C28H25NO7/c1-16-11-21(17(2)29(16)13-18-14-34-25-9-5-6-10-26(25)36-18)24(31)15-35-28(33)22-12-23(30)19-7-3-4-8-20(19)27(22)32/h3-12,18,30,32H,13-15H2,1-2H3. The van der Waals surface area contributed by atoms with Crippen molar-refractivity contribution in [3.05, 3.63) is 83.2 Å². The molecule has 2 N–H and O–H groups in total. The highest BCUT2D eigenvalue weighted by Crippen LogP contribution is 2.36. The number of aryl methyl sites for hydroxylation is 1. The number of benzene rings is 3. The number of carbonyl (C=O) groups is 2. The first-order chi connectivity index (χ1) is 17.3. The Hall–Kier alpha value is -4.46. The van der Waals surface area contributed by atoms with E-state index < -0.39 is 12.6 Å². The van der Waals surface area contributed by atoms with Crippen molar-refractivity contribution in [2.45, 2.75) is 26.5 Å². The summed E-state index contributed by atoms with van der Waals surface area (Å²) in [5, 5.41) is 21.5. The number of nitrogens with zero attached hydrogens (tertiary/aromatic N) is 1. The third-order valence-electron chi connectivity index (χ3n) is 6.38. The molecule has 0 saturated carbocycles. The molecule has 0 fully saturated rings. The van der Waals surface area contributed by atoms with Crippen LogP contribution in [0.15, 0.2) is 60.7 Å². The van der Waals surface area contributed by atoms with Crippen LogP contribution in [0.2, 0.25) is 0 Å². The van der Waals surface area contributed by atoms with Gasteiger partial charge in [-0.2, -0.15) is 0 Å². The topological polar surface area (TPSA) is 107 Å². The number of aromatic hydroxyl groups is 2. The second-order valence-electron chi connectivity index (χ2n) is 8.73. The third kappa shape index (κ3) is 4.22. The molecular weight excluding hydrogens is 462 g/mol. The van der Waals surface area contributed by atoms with Crippen LogP contribution in [0.1, 0.15) is 32.1 Å². The molecule has 1 aromatic heterocycles. The van der Waals surface area contributed by atoms with Crippen molar-refractivity contribution in [2.24, 2.45) is 0 Å². The number of esters is 1. The molecule has 8 heteroatoms. The van der Waals surface area contributed by atoms with Gasteiger partial charge in [0.25, 0.3) is 0 Å². The highest BCUT2D eigenvalue weighted by atomic mass is 16.6. The molecule has 184 valence electrons. The largest absolute Gasteiger partial charge is 0.507 e. The van der Waals surface area contributed by atoms with Crippen molar-refractivity contribution in [3.63, 3.8) is 0 Å². The zero-order valence-electron chi connectivity index (χ0n) is 19.9. The van der Waals surface area contributed by atoms with Crippen LogP contribution >= 0.6 is 0 Å². The number of ether oxygens (including phenoxy) is 3. The van der Waals surface area contributed by atoms with E-state index in [1.165, 1.54) is 0 Å². The van der Waals surface area contributed by atoms with Crippen LogP contribution in [0.25, 0.3) is 10.8 Å². The van der Waals surface area contributed by atoms with E-state index in [4.69, 9.17) is 14.2 Å². The molecule has 2 heterocycles. The molecule has 1 aliphatic rings. The second-order valence-corrected chi connectivity index (χ2v) is 8.73. The Morgan fingerprint density at radius 2 is 1.67 bits per heavy atom. The minimum Gasteiger partial charge on any atom is -0.507 e. The summed E-state index contributed by atoms with van der Waals surface area (Å²) in [6, 6.07) is 17.0. The minimum absolute atomic E-state index is 0.165. The monoisotopic (exact) mass is 487 g/mol. The molecule has 0 amide bonds. The predicted molar refractivity (Wildman–Crippen MR) is 132 cm³/mol. The van der Waals surface area contributed by atoms with Gasteiger partial charge in [-0.25, -0.2) is 4.79 Å². The van der Waals surface area contributed by atoms with Crippen LogP contribution < -0.4 is 9.47 Å². The molecule has 1 aliphatic heterocycles. The van der Waals surface area contributed by atoms with Gasteiger partial charge >= 0.3 is 5.97 Å². The van der Waals surface area contributed by atoms with Crippen molar-refractivity contribution in [1.29, 1.82) is 0 Å². The number of phenols is 2. The van der Waals surface area contributed by atoms with E-state index in [1.807, 2.05) is 42.7 Å². The quantitative estimate of drug-likeness (QED) is 0.233. The number of fused-ring (bicyclic) bond motifs is 2. The smallest absolute Gasteiger partial charge is 0.342 e. The summed E-state index contributed by atoms with van der Waals surface area (Å²) in [6.07, 6.45) is -0.228. The molecule has 4 aromatic rings. The molecule has 1 unspecified atom stereocenters. The Balaban J connectivity index is 1.28. The van der Waals surface area contributed by atoms with E-state index in [0.717, 1.165) is 17.5 Å². The van der Waals surface area contributed by atoms with Crippen LogP contribution in [0.4, 0.5) is 0 Å². The summed E-state index contributed by atoms with van der Waals surface area (Å²) in [7, 11) is 0. The molecule has 0 bridgehead atoms. The molecule has 5 rings (SSSR count). The lowest BCUT2D eigenvalue weighted by Gasteiger charge is -2.27. The first-order valence-electron chi connectivity index (χ1n) is 11.5. The maximum Gasteiger partial charge on any atom is 0.342 e. The van der Waals surface area contributed by atoms with Crippen molar-refractivity contribution >= 4 is 22.5 Å². The van der Waals surface area contributed by atoms with Gasteiger partial charge in [0.15, 0.2) is 24.2 Å². The third-order valence-corrected chi connectivity index (χ3v) is 6.38. The van der Waals surface area contributed by atoms with E-state index in [-0.39, 0.29) is 28.9 Å². The normalized spacial score (nSPS) is 14.6. The van der Waals surface area contributed by atoms with Gasteiger partial charge in [-0.3, -0.25) is 4.79 Å². The van der Waals surface area contributed by atoms with E-state index in [1.54, 1.807) is 30.3 Å². The van der Waals surface area contributed by atoms with Gasteiger partial charge in [-0.1, -0.05) is 36.4 Å². The van der Waals surface area contributed by atoms with Gasteiger partial charge in [0.05, 0.1) is 6.54 Å². The van der Waals surface area contributed by atoms with E-state index in [2.05, 4.69) is 0 Å². The molecule has 0 saturated heterocycles. The number of rotatable bonds is 6. The fourth-order valence-electron chi connectivity index (χ4n) is 4.50. The van der Waals surface area contributed by atoms with Gasteiger partial charge in [0.2, 0.25) is 5.78 Å². The summed E-state index contributed by atoms with van der Waals surface area (Å²) in [6.45, 7) is 4.09.